The van der Waals surface area contributed by atoms with Gasteiger partial charge in [-0.3, -0.25) is 0 Å². The fourth-order valence-electron chi connectivity index (χ4n) is 1.51. The lowest BCUT2D eigenvalue weighted by atomic mass is 10.3. The second kappa shape index (κ2) is 8.18. The Morgan fingerprint density at radius 3 is 2.71 bits per heavy atom. The summed E-state index contributed by atoms with van der Waals surface area (Å²) in [7, 11) is 0. The number of carbonyl (C=O) groups is 1. The standard InChI is InChI=1S/C11H15ClF3N3O3/c1-2-21-10(19)9-8(6-12)18(17-16-9)4-3-5-20-7-11(13,14)15/h2-7H2,1H3. The molecule has 0 N–H and O–H groups in total. The second-order valence-electron chi connectivity index (χ2n) is 3.98. The molecular weight excluding hydrogens is 315 g/mol. The van der Waals surface area contributed by atoms with E-state index in [9.17, 15) is 18.0 Å². The molecule has 0 amide bonds. The molecule has 0 atom stereocenters. The lowest BCUT2D eigenvalue weighted by molar-refractivity contribution is -0.174. The van der Waals surface area contributed by atoms with Gasteiger partial charge in [-0.1, -0.05) is 5.21 Å². The summed E-state index contributed by atoms with van der Waals surface area (Å²) >= 11 is 5.73. The predicted octanol–water partition coefficient (Wildman–Crippen LogP) is 2.16. The molecule has 1 aromatic rings. The zero-order valence-corrected chi connectivity index (χ0v) is 12.1. The van der Waals surface area contributed by atoms with Gasteiger partial charge in [-0.15, -0.1) is 16.7 Å². The first-order valence-corrected chi connectivity index (χ1v) is 6.72. The Hall–Kier alpha value is -1.35. The summed E-state index contributed by atoms with van der Waals surface area (Å²) < 4.78 is 46.2. The summed E-state index contributed by atoms with van der Waals surface area (Å²) in [6, 6.07) is 0. The molecular formula is C11H15ClF3N3O3. The molecule has 0 fully saturated rings. The number of hydrogen-bond donors (Lipinski definition) is 0. The third-order valence-corrected chi connectivity index (χ3v) is 2.61. The molecule has 0 unspecified atom stereocenters. The van der Waals surface area contributed by atoms with Crippen molar-refractivity contribution in [2.75, 3.05) is 19.8 Å². The Kier molecular flexibility index (Phi) is 6.90. The van der Waals surface area contributed by atoms with E-state index in [0.717, 1.165) is 0 Å². The van der Waals surface area contributed by atoms with Crippen LogP contribution in [-0.2, 0) is 21.9 Å². The number of aryl methyl sites for hydroxylation is 1. The average molecular weight is 330 g/mol. The van der Waals surface area contributed by atoms with E-state index >= 15 is 0 Å². The van der Waals surface area contributed by atoms with Gasteiger partial charge in [0.05, 0.1) is 18.2 Å². The van der Waals surface area contributed by atoms with Gasteiger partial charge in [-0.05, 0) is 13.3 Å². The molecule has 21 heavy (non-hydrogen) atoms. The van der Waals surface area contributed by atoms with Gasteiger partial charge in [-0.25, -0.2) is 9.48 Å². The maximum Gasteiger partial charge on any atom is 0.411 e. The molecule has 0 bridgehead atoms. The highest BCUT2D eigenvalue weighted by Crippen LogP contribution is 2.15. The first-order chi connectivity index (χ1) is 9.89. The van der Waals surface area contributed by atoms with Crippen LogP contribution in [0.15, 0.2) is 0 Å². The lowest BCUT2D eigenvalue weighted by Gasteiger charge is -2.08. The van der Waals surface area contributed by atoms with Crippen molar-refractivity contribution >= 4 is 17.6 Å². The molecule has 6 nitrogen and oxygen atoms in total. The molecule has 120 valence electrons. The van der Waals surface area contributed by atoms with E-state index in [2.05, 4.69) is 15.0 Å². The van der Waals surface area contributed by atoms with Gasteiger partial charge in [0.2, 0.25) is 0 Å². The summed E-state index contributed by atoms with van der Waals surface area (Å²) in [5.74, 6) is -0.641. The number of rotatable bonds is 8. The molecule has 10 heteroatoms. The molecule has 0 saturated heterocycles. The van der Waals surface area contributed by atoms with Crippen molar-refractivity contribution in [3.8, 4) is 0 Å². The first kappa shape index (κ1) is 17.7. The Morgan fingerprint density at radius 1 is 1.43 bits per heavy atom. The average Bonchev–Trinajstić information content (AvgIpc) is 2.80. The van der Waals surface area contributed by atoms with Crippen molar-refractivity contribution in [1.82, 2.24) is 15.0 Å². The molecule has 0 aliphatic heterocycles. The molecule has 0 saturated carbocycles. The summed E-state index contributed by atoms with van der Waals surface area (Å²) in [5, 5.41) is 7.42. The first-order valence-electron chi connectivity index (χ1n) is 6.19. The number of aromatic nitrogens is 3. The van der Waals surface area contributed by atoms with Crippen molar-refractivity contribution in [3.05, 3.63) is 11.4 Å². The van der Waals surface area contributed by atoms with Crippen molar-refractivity contribution in [1.29, 1.82) is 0 Å². The number of carbonyl (C=O) groups excluding carboxylic acids is 1. The minimum absolute atomic E-state index is 0.00937. The largest absolute Gasteiger partial charge is 0.461 e. The van der Waals surface area contributed by atoms with Crippen LogP contribution in [0.2, 0.25) is 0 Å². The summed E-state index contributed by atoms with van der Waals surface area (Å²) in [6.07, 6.45) is -4.06. The van der Waals surface area contributed by atoms with E-state index in [1.165, 1.54) is 4.68 Å². The van der Waals surface area contributed by atoms with Crippen LogP contribution in [0.3, 0.4) is 0 Å². The highest BCUT2D eigenvalue weighted by Gasteiger charge is 2.27. The fraction of sp³-hybridized carbons (Fsp3) is 0.727. The van der Waals surface area contributed by atoms with Gasteiger partial charge in [0.25, 0.3) is 0 Å². The van der Waals surface area contributed by atoms with Gasteiger partial charge in [-0.2, -0.15) is 13.2 Å². The smallest absolute Gasteiger partial charge is 0.411 e. The number of alkyl halides is 4. The summed E-state index contributed by atoms with van der Waals surface area (Å²) in [4.78, 5) is 11.6. The van der Waals surface area contributed by atoms with Crippen molar-refractivity contribution in [2.24, 2.45) is 0 Å². The Morgan fingerprint density at radius 2 is 2.14 bits per heavy atom. The molecule has 0 aliphatic carbocycles. The molecule has 0 radical (unpaired) electrons. The number of nitrogens with zero attached hydrogens (tertiary/aromatic N) is 3. The number of ether oxygens (including phenoxy) is 2. The van der Waals surface area contributed by atoms with Crippen molar-refractivity contribution in [2.45, 2.75) is 31.9 Å². The molecule has 0 aromatic carbocycles. The minimum Gasteiger partial charge on any atom is -0.461 e. The summed E-state index contributed by atoms with van der Waals surface area (Å²) in [5.41, 5.74) is 0.383. The van der Waals surface area contributed by atoms with E-state index in [1.54, 1.807) is 6.92 Å². The van der Waals surface area contributed by atoms with Crippen LogP contribution in [0, 0.1) is 0 Å². The molecule has 0 aliphatic rings. The SMILES string of the molecule is CCOC(=O)c1nnn(CCCOCC(F)(F)F)c1CCl. The van der Waals surface area contributed by atoms with Crippen LogP contribution in [0.1, 0.15) is 29.5 Å². The van der Waals surface area contributed by atoms with Gasteiger partial charge in [0, 0.05) is 13.2 Å². The van der Waals surface area contributed by atoms with Gasteiger partial charge in [0.15, 0.2) is 5.69 Å². The monoisotopic (exact) mass is 329 g/mol. The quantitative estimate of drug-likeness (QED) is 0.415. The number of esters is 1. The topological polar surface area (TPSA) is 66.2 Å². The Balaban J connectivity index is 2.50. The van der Waals surface area contributed by atoms with Crippen LogP contribution in [0.4, 0.5) is 13.2 Å². The highest BCUT2D eigenvalue weighted by atomic mass is 35.5. The minimum atomic E-state index is -4.34. The van der Waals surface area contributed by atoms with E-state index in [0.29, 0.717) is 5.69 Å². The summed E-state index contributed by atoms with van der Waals surface area (Å²) in [6.45, 7) is 0.711. The van der Waals surface area contributed by atoms with Gasteiger partial charge >= 0.3 is 12.1 Å². The van der Waals surface area contributed by atoms with E-state index in [4.69, 9.17) is 16.3 Å². The normalized spacial score (nSPS) is 11.7. The van der Waals surface area contributed by atoms with Crippen molar-refractivity contribution in [3.63, 3.8) is 0 Å². The molecule has 1 heterocycles. The maximum atomic E-state index is 11.9. The molecule has 1 aromatic heterocycles. The Bertz CT molecular complexity index is 465. The predicted molar refractivity (Wildman–Crippen MR) is 67.0 cm³/mol. The Labute approximate surface area is 124 Å². The number of halogens is 4. The zero-order chi connectivity index (χ0) is 15.9. The lowest BCUT2D eigenvalue weighted by Crippen LogP contribution is -2.18. The van der Waals surface area contributed by atoms with Gasteiger partial charge < -0.3 is 9.47 Å². The molecule has 0 spiro atoms. The van der Waals surface area contributed by atoms with E-state index in [1.807, 2.05) is 0 Å². The maximum absolute atomic E-state index is 11.9. The third-order valence-electron chi connectivity index (χ3n) is 2.36. The number of hydrogen-bond acceptors (Lipinski definition) is 5. The van der Waals surface area contributed by atoms with Crippen LogP contribution < -0.4 is 0 Å². The highest BCUT2D eigenvalue weighted by molar-refractivity contribution is 6.17. The van der Waals surface area contributed by atoms with E-state index < -0.39 is 18.8 Å². The molecule has 1 rings (SSSR count). The van der Waals surface area contributed by atoms with Crippen LogP contribution in [-0.4, -0.2) is 47.0 Å². The third kappa shape index (κ3) is 5.88. The van der Waals surface area contributed by atoms with E-state index in [-0.39, 0.29) is 37.8 Å². The van der Waals surface area contributed by atoms with Crippen LogP contribution in [0.25, 0.3) is 0 Å². The zero-order valence-electron chi connectivity index (χ0n) is 11.3. The fourth-order valence-corrected chi connectivity index (χ4v) is 1.77. The van der Waals surface area contributed by atoms with Gasteiger partial charge in [0.1, 0.15) is 6.61 Å². The second-order valence-corrected chi connectivity index (χ2v) is 4.25. The van der Waals surface area contributed by atoms with Crippen molar-refractivity contribution < 1.29 is 27.4 Å². The van der Waals surface area contributed by atoms with Crippen LogP contribution in [0.5, 0.6) is 0 Å². The van der Waals surface area contributed by atoms with Crippen LogP contribution >= 0.6 is 11.6 Å².